The summed E-state index contributed by atoms with van der Waals surface area (Å²) in [7, 11) is 2.93. The van der Waals surface area contributed by atoms with Gasteiger partial charge in [-0.3, -0.25) is 18.7 Å². The summed E-state index contributed by atoms with van der Waals surface area (Å²) in [5.74, 6) is -0.417. The highest BCUT2D eigenvalue weighted by Gasteiger charge is 2.17. The Morgan fingerprint density at radius 1 is 1.14 bits per heavy atom. The molecule has 3 aromatic rings. The van der Waals surface area contributed by atoms with Crippen molar-refractivity contribution in [1.82, 2.24) is 19.4 Å². The number of nitrogens with two attached hydrogens (primary N) is 1. The van der Waals surface area contributed by atoms with Crippen LogP contribution in [0.25, 0.3) is 11.0 Å². The number of benzene rings is 1. The minimum atomic E-state index is -0.497. The Labute approximate surface area is 179 Å². The molecule has 0 aliphatic heterocycles. The first-order valence-electron chi connectivity index (χ1n) is 8.47. The van der Waals surface area contributed by atoms with Crippen molar-refractivity contribution in [2.45, 2.75) is 13.0 Å². The number of fused-ring (bicyclic) bond motifs is 1. The molecule has 1 amide bonds. The first-order chi connectivity index (χ1) is 12.8. The van der Waals surface area contributed by atoms with E-state index in [1.54, 1.807) is 6.92 Å². The second-order valence-electron chi connectivity index (χ2n) is 6.46. The van der Waals surface area contributed by atoms with E-state index in [0.29, 0.717) is 10.9 Å². The Balaban J connectivity index is 0.00000210. The molecule has 1 unspecified atom stereocenters. The summed E-state index contributed by atoms with van der Waals surface area (Å²) in [6.07, 6.45) is 0. The number of halogens is 2. The number of hydrogen-bond acceptors (Lipinski definition) is 5. The van der Waals surface area contributed by atoms with Crippen LogP contribution in [0.15, 0.2) is 46.0 Å². The van der Waals surface area contributed by atoms with Crippen molar-refractivity contribution in [3.63, 3.8) is 0 Å². The maximum Gasteiger partial charge on any atom is 0.332 e. The highest BCUT2D eigenvalue weighted by Crippen LogP contribution is 2.13. The lowest BCUT2D eigenvalue weighted by Gasteiger charge is -2.14. The third-order valence-electron chi connectivity index (χ3n) is 4.55. The number of pyridine rings is 1. The van der Waals surface area contributed by atoms with Crippen LogP contribution in [0.2, 0.25) is 0 Å². The fourth-order valence-electron chi connectivity index (χ4n) is 2.96. The molecule has 1 atom stereocenters. The van der Waals surface area contributed by atoms with E-state index in [1.807, 2.05) is 30.3 Å². The highest BCUT2D eigenvalue weighted by molar-refractivity contribution is 5.95. The van der Waals surface area contributed by atoms with Gasteiger partial charge in [-0.25, -0.2) is 9.78 Å². The number of aryl methyl sites for hydroxylation is 2. The molecule has 29 heavy (non-hydrogen) atoms. The summed E-state index contributed by atoms with van der Waals surface area (Å²) in [5.41, 5.74) is 6.96. The second-order valence-corrected chi connectivity index (χ2v) is 6.46. The van der Waals surface area contributed by atoms with E-state index in [2.05, 4.69) is 10.3 Å². The van der Waals surface area contributed by atoms with Crippen LogP contribution < -0.4 is 22.3 Å². The van der Waals surface area contributed by atoms with Crippen LogP contribution >= 0.6 is 24.8 Å². The van der Waals surface area contributed by atoms with Crippen molar-refractivity contribution in [3.8, 4) is 0 Å². The molecule has 0 aliphatic carbocycles. The summed E-state index contributed by atoms with van der Waals surface area (Å²) in [6.45, 7) is 1.94. The normalized spacial score (nSPS) is 11.3. The smallest absolute Gasteiger partial charge is 0.332 e. The Bertz CT molecular complexity index is 1140. The van der Waals surface area contributed by atoms with Crippen LogP contribution in [-0.4, -0.2) is 26.6 Å². The predicted octanol–water partition coefficient (Wildman–Crippen LogP) is 1.21. The lowest BCUT2D eigenvalue weighted by molar-refractivity contribution is 0.0946. The van der Waals surface area contributed by atoms with Gasteiger partial charge in [-0.05, 0) is 24.1 Å². The van der Waals surface area contributed by atoms with Crippen LogP contribution in [0.1, 0.15) is 27.7 Å². The van der Waals surface area contributed by atoms with Crippen LogP contribution in [0.4, 0.5) is 0 Å². The minimum Gasteiger partial charge on any atom is -0.349 e. The zero-order valence-electron chi connectivity index (χ0n) is 16.2. The fraction of sp³-hybridized carbons (Fsp3) is 0.263. The first-order valence-corrected chi connectivity index (χ1v) is 8.47. The quantitative estimate of drug-likeness (QED) is 0.634. The molecule has 156 valence electrons. The third-order valence-corrected chi connectivity index (χ3v) is 4.55. The van der Waals surface area contributed by atoms with Gasteiger partial charge >= 0.3 is 5.69 Å². The molecule has 2 aromatic heterocycles. The standard InChI is InChI=1S/C19H21N5O3.2ClH/c1-11-9-14(17(25)21-10-13(20)12-7-5-4-6-8-12)22-16-15(11)18(26)24(3)19(27)23(16)2;;/h4-9,13H,10,20H2,1-3H3,(H,21,25);2*1H. The van der Waals surface area contributed by atoms with E-state index >= 15 is 0 Å². The summed E-state index contributed by atoms with van der Waals surface area (Å²) in [4.78, 5) is 41.3. The van der Waals surface area contributed by atoms with Crippen molar-refractivity contribution in [1.29, 1.82) is 0 Å². The van der Waals surface area contributed by atoms with Gasteiger partial charge in [-0.2, -0.15) is 0 Å². The number of nitrogens with one attached hydrogen (secondary N) is 1. The lowest BCUT2D eigenvalue weighted by Crippen LogP contribution is -2.38. The van der Waals surface area contributed by atoms with E-state index in [4.69, 9.17) is 5.73 Å². The van der Waals surface area contributed by atoms with E-state index in [-0.39, 0.29) is 48.7 Å². The summed E-state index contributed by atoms with van der Waals surface area (Å²) >= 11 is 0. The molecule has 0 radical (unpaired) electrons. The van der Waals surface area contributed by atoms with Crippen molar-refractivity contribution in [2.24, 2.45) is 19.8 Å². The van der Waals surface area contributed by atoms with Crippen molar-refractivity contribution < 1.29 is 4.79 Å². The predicted molar refractivity (Wildman–Crippen MR) is 117 cm³/mol. The topological polar surface area (TPSA) is 112 Å². The molecule has 3 N–H and O–H groups in total. The average molecular weight is 440 g/mol. The van der Waals surface area contributed by atoms with Gasteiger partial charge in [0.1, 0.15) is 11.3 Å². The maximum absolute atomic E-state index is 12.5. The average Bonchev–Trinajstić information content (AvgIpc) is 2.68. The third kappa shape index (κ3) is 4.67. The van der Waals surface area contributed by atoms with Gasteiger partial charge in [-0.15, -0.1) is 24.8 Å². The largest absolute Gasteiger partial charge is 0.349 e. The molecule has 0 saturated carbocycles. The van der Waals surface area contributed by atoms with E-state index in [9.17, 15) is 14.4 Å². The van der Waals surface area contributed by atoms with Crippen LogP contribution in [0.5, 0.6) is 0 Å². The van der Waals surface area contributed by atoms with Gasteiger partial charge in [0, 0.05) is 26.7 Å². The van der Waals surface area contributed by atoms with Crippen LogP contribution in [-0.2, 0) is 14.1 Å². The molecule has 0 fully saturated rings. The molecule has 8 nitrogen and oxygen atoms in total. The van der Waals surface area contributed by atoms with Gasteiger partial charge in [-0.1, -0.05) is 30.3 Å². The fourth-order valence-corrected chi connectivity index (χ4v) is 2.96. The number of carbonyl (C=O) groups excluding carboxylic acids is 1. The molecule has 0 saturated heterocycles. The first kappa shape index (κ1) is 24.4. The molecular weight excluding hydrogens is 417 g/mol. The summed E-state index contributed by atoms with van der Waals surface area (Å²) in [6, 6.07) is 10.6. The molecule has 2 heterocycles. The van der Waals surface area contributed by atoms with Gasteiger partial charge in [0.25, 0.3) is 11.5 Å². The molecule has 1 aromatic carbocycles. The van der Waals surface area contributed by atoms with Gasteiger partial charge in [0.2, 0.25) is 0 Å². The number of nitrogens with zero attached hydrogens (tertiary/aromatic N) is 3. The molecule has 0 spiro atoms. The highest BCUT2D eigenvalue weighted by atomic mass is 35.5. The zero-order valence-corrected chi connectivity index (χ0v) is 17.8. The van der Waals surface area contributed by atoms with E-state index in [0.717, 1.165) is 10.1 Å². The lowest BCUT2D eigenvalue weighted by atomic mass is 10.1. The number of hydrogen-bond donors (Lipinski definition) is 2. The maximum atomic E-state index is 12.5. The number of carbonyl (C=O) groups is 1. The Kier molecular flexibility index (Phi) is 8.14. The van der Waals surface area contributed by atoms with Crippen LogP contribution in [0.3, 0.4) is 0 Å². The van der Waals surface area contributed by atoms with Crippen molar-refractivity contribution in [2.75, 3.05) is 6.54 Å². The van der Waals surface area contributed by atoms with Crippen molar-refractivity contribution in [3.05, 3.63) is 74.1 Å². The molecule has 0 aliphatic rings. The molecular formula is C19H23Cl2N5O3. The van der Waals surface area contributed by atoms with Gasteiger partial charge in [0.15, 0.2) is 0 Å². The van der Waals surface area contributed by atoms with Crippen molar-refractivity contribution >= 4 is 41.8 Å². The minimum absolute atomic E-state index is 0. The Morgan fingerprint density at radius 3 is 2.38 bits per heavy atom. The molecule has 3 rings (SSSR count). The van der Waals surface area contributed by atoms with E-state index < -0.39 is 17.2 Å². The number of aromatic nitrogens is 3. The van der Waals surface area contributed by atoms with Gasteiger partial charge < -0.3 is 11.1 Å². The SMILES string of the molecule is Cc1cc(C(=O)NCC(N)c2ccccc2)nc2c1c(=O)n(C)c(=O)n2C.Cl.Cl. The molecule has 0 bridgehead atoms. The molecule has 10 heteroatoms. The van der Waals surface area contributed by atoms with E-state index in [1.165, 1.54) is 24.7 Å². The Morgan fingerprint density at radius 2 is 1.76 bits per heavy atom. The Hall–Kier alpha value is -2.68. The van der Waals surface area contributed by atoms with Crippen LogP contribution in [0, 0.1) is 6.92 Å². The summed E-state index contributed by atoms with van der Waals surface area (Å²) in [5, 5.41) is 3.07. The number of amides is 1. The van der Waals surface area contributed by atoms with Gasteiger partial charge in [0.05, 0.1) is 5.39 Å². The number of rotatable bonds is 4. The second kappa shape index (κ2) is 9.69. The zero-order chi connectivity index (χ0) is 19.7. The monoisotopic (exact) mass is 439 g/mol. The summed E-state index contributed by atoms with van der Waals surface area (Å²) < 4.78 is 2.28.